The molecule has 2 rings (SSSR count). The summed E-state index contributed by atoms with van der Waals surface area (Å²) < 4.78 is 41.6. The van der Waals surface area contributed by atoms with Crippen LogP contribution < -0.4 is 11.5 Å². The Labute approximate surface area is 134 Å². The molecule has 23 heavy (non-hydrogen) atoms. The number of hydrogen-bond acceptors (Lipinski definition) is 2. The van der Waals surface area contributed by atoms with Crippen LogP contribution in [0.2, 0.25) is 0 Å². The zero-order valence-electron chi connectivity index (χ0n) is 13.7. The Morgan fingerprint density at radius 2 is 1.04 bits per heavy atom. The van der Waals surface area contributed by atoms with E-state index in [0.717, 1.165) is 0 Å². The summed E-state index contributed by atoms with van der Waals surface area (Å²) in [5.74, 6) is -1.69. The second kappa shape index (κ2) is 5.80. The highest BCUT2D eigenvalue weighted by molar-refractivity contribution is 5.58. The van der Waals surface area contributed by atoms with Gasteiger partial charge >= 0.3 is 6.18 Å². The van der Waals surface area contributed by atoms with Crippen LogP contribution in [0.15, 0.2) is 24.3 Å². The fourth-order valence-electron chi connectivity index (χ4n) is 2.87. The highest BCUT2D eigenvalue weighted by Gasteiger charge is 2.43. The SMILES string of the molecule is Cc1c(N)ccc(C(c2ccc(N)c(C)c2C)C(F)(F)F)c1C. The summed E-state index contributed by atoms with van der Waals surface area (Å²) in [6, 6.07) is 6.02. The molecule has 0 saturated heterocycles. The van der Waals surface area contributed by atoms with Crippen LogP contribution in [0.3, 0.4) is 0 Å². The molecular formula is C18H21F3N2. The fourth-order valence-corrected chi connectivity index (χ4v) is 2.87. The lowest BCUT2D eigenvalue weighted by Crippen LogP contribution is -2.24. The van der Waals surface area contributed by atoms with E-state index in [2.05, 4.69) is 0 Å². The van der Waals surface area contributed by atoms with Gasteiger partial charge < -0.3 is 11.5 Å². The van der Waals surface area contributed by atoms with Gasteiger partial charge in [-0.05, 0) is 73.2 Å². The van der Waals surface area contributed by atoms with Gasteiger partial charge in [-0.15, -0.1) is 0 Å². The maximum absolute atomic E-state index is 13.9. The standard InChI is InChI=1S/C18H21F3N2/c1-9-11(3)15(22)7-5-13(9)17(18(19,20)21)14-6-8-16(23)12(4)10(14)2/h5-8,17H,22-23H2,1-4H3. The minimum atomic E-state index is -4.40. The second-order valence-electron chi connectivity index (χ2n) is 5.96. The zero-order chi connectivity index (χ0) is 17.5. The molecule has 2 aromatic carbocycles. The number of alkyl halides is 3. The van der Waals surface area contributed by atoms with Gasteiger partial charge in [-0.2, -0.15) is 13.2 Å². The Morgan fingerprint density at radius 1 is 0.696 bits per heavy atom. The molecule has 0 atom stereocenters. The van der Waals surface area contributed by atoms with Gasteiger partial charge in [-0.3, -0.25) is 0 Å². The van der Waals surface area contributed by atoms with Gasteiger partial charge in [0.1, 0.15) is 5.92 Å². The first kappa shape index (κ1) is 17.2. The first-order valence-corrected chi connectivity index (χ1v) is 7.33. The molecule has 0 amide bonds. The van der Waals surface area contributed by atoms with Crippen molar-refractivity contribution in [2.24, 2.45) is 0 Å². The van der Waals surface area contributed by atoms with E-state index in [-0.39, 0.29) is 11.1 Å². The van der Waals surface area contributed by atoms with Crippen LogP contribution in [0.5, 0.6) is 0 Å². The summed E-state index contributed by atoms with van der Waals surface area (Å²) in [6.07, 6.45) is -4.40. The number of nitrogens with two attached hydrogens (primary N) is 2. The van der Waals surface area contributed by atoms with Gasteiger partial charge in [-0.1, -0.05) is 12.1 Å². The Bertz CT molecular complexity index is 691. The number of halogens is 3. The lowest BCUT2D eigenvalue weighted by molar-refractivity contribution is -0.141. The molecule has 0 aromatic heterocycles. The van der Waals surface area contributed by atoms with Crippen molar-refractivity contribution < 1.29 is 13.2 Å². The van der Waals surface area contributed by atoms with Gasteiger partial charge in [0, 0.05) is 11.4 Å². The van der Waals surface area contributed by atoms with Crippen molar-refractivity contribution >= 4 is 11.4 Å². The first-order chi connectivity index (χ1) is 10.6. The van der Waals surface area contributed by atoms with Gasteiger partial charge in [0.15, 0.2) is 0 Å². The van der Waals surface area contributed by atoms with Crippen LogP contribution in [0, 0.1) is 27.7 Å². The molecule has 2 nitrogen and oxygen atoms in total. The summed E-state index contributed by atoms with van der Waals surface area (Å²) in [5, 5.41) is 0. The Kier molecular flexibility index (Phi) is 4.33. The van der Waals surface area contributed by atoms with Crippen LogP contribution in [-0.2, 0) is 0 Å². The van der Waals surface area contributed by atoms with Crippen molar-refractivity contribution in [2.45, 2.75) is 39.8 Å². The summed E-state index contributed by atoms with van der Waals surface area (Å²) in [5.41, 5.74) is 15.6. The molecule has 0 unspecified atom stereocenters. The van der Waals surface area contributed by atoms with E-state index in [0.29, 0.717) is 33.6 Å². The largest absolute Gasteiger partial charge is 0.399 e. The monoisotopic (exact) mass is 322 g/mol. The third kappa shape index (κ3) is 3.00. The van der Waals surface area contributed by atoms with Crippen molar-refractivity contribution in [3.8, 4) is 0 Å². The molecule has 2 aromatic rings. The molecule has 0 heterocycles. The summed E-state index contributed by atoms with van der Waals surface area (Å²) in [6.45, 7) is 6.84. The lowest BCUT2D eigenvalue weighted by Gasteiger charge is -2.26. The molecule has 0 radical (unpaired) electrons. The van der Waals surface area contributed by atoms with E-state index in [9.17, 15) is 13.2 Å². The molecule has 0 fully saturated rings. The van der Waals surface area contributed by atoms with E-state index >= 15 is 0 Å². The topological polar surface area (TPSA) is 52.0 Å². The average Bonchev–Trinajstić information content (AvgIpc) is 2.46. The first-order valence-electron chi connectivity index (χ1n) is 7.33. The predicted molar refractivity (Wildman–Crippen MR) is 88.6 cm³/mol. The molecule has 0 spiro atoms. The lowest BCUT2D eigenvalue weighted by atomic mass is 9.83. The van der Waals surface area contributed by atoms with Crippen molar-refractivity contribution in [1.82, 2.24) is 0 Å². The zero-order valence-corrected chi connectivity index (χ0v) is 13.7. The van der Waals surface area contributed by atoms with Crippen LogP contribution in [0.4, 0.5) is 24.5 Å². The summed E-state index contributed by atoms with van der Waals surface area (Å²) >= 11 is 0. The highest BCUT2D eigenvalue weighted by atomic mass is 19.4. The van der Waals surface area contributed by atoms with Crippen LogP contribution in [-0.4, -0.2) is 6.18 Å². The van der Waals surface area contributed by atoms with E-state index < -0.39 is 12.1 Å². The smallest absolute Gasteiger partial charge is 0.399 e. The van der Waals surface area contributed by atoms with Gasteiger partial charge in [-0.25, -0.2) is 0 Å². The minimum Gasteiger partial charge on any atom is -0.399 e. The third-order valence-corrected chi connectivity index (χ3v) is 4.69. The van der Waals surface area contributed by atoms with Crippen LogP contribution >= 0.6 is 0 Å². The fraction of sp³-hybridized carbons (Fsp3) is 0.333. The van der Waals surface area contributed by atoms with Gasteiger partial charge in [0.2, 0.25) is 0 Å². The maximum Gasteiger partial charge on any atom is 0.399 e. The molecule has 0 saturated carbocycles. The van der Waals surface area contributed by atoms with Crippen molar-refractivity contribution in [3.05, 3.63) is 57.6 Å². The van der Waals surface area contributed by atoms with Gasteiger partial charge in [0.25, 0.3) is 0 Å². The highest BCUT2D eigenvalue weighted by Crippen LogP contribution is 2.44. The Hall–Kier alpha value is -2.17. The second-order valence-corrected chi connectivity index (χ2v) is 5.96. The van der Waals surface area contributed by atoms with E-state index in [1.165, 1.54) is 24.3 Å². The Morgan fingerprint density at radius 3 is 1.35 bits per heavy atom. The third-order valence-electron chi connectivity index (χ3n) is 4.69. The van der Waals surface area contributed by atoms with Crippen LogP contribution in [0.1, 0.15) is 39.3 Å². The minimum absolute atomic E-state index is 0.233. The normalized spacial score (nSPS) is 12.0. The predicted octanol–water partition coefficient (Wildman–Crippen LogP) is 4.78. The molecule has 0 aliphatic carbocycles. The number of rotatable bonds is 2. The molecule has 4 N–H and O–H groups in total. The number of benzene rings is 2. The van der Waals surface area contributed by atoms with Crippen LogP contribution in [0.25, 0.3) is 0 Å². The summed E-state index contributed by atoms with van der Waals surface area (Å²) in [7, 11) is 0. The molecule has 0 aliphatic heterocycles. The van der Waals surface area contributed by atoms with Crippen molar-refractivity contribution in [2.75, 3.05) is 11.5 Å². The molecule has 0 aliphatic rings. The van der Waals surface area contributed by atoms with E-state index in [1.807, 2.05) is 0 Å². The number of hydrogen-bond donors (Lipinski definition) is 2. The quantitative estimate of drug-likeness (QED) is 0.782. The Balaban J connectivity index is 2.75. The number of anilines is 2. The number of nitrogen functional groups attached to an aromatic ring is 2. The summed E-state index contributed by atoms with van der Waals surface area (Å²) in [4.78, 5) is 0. The van der Waals surface area contributed by atoms with Gasteiger partial charge in [0.05, 0.1) is 0 Å². The van der Waals surface area contributed by atoms with E-state index in [4.69, 9.17) is 11.5 Å². The molecule has 124 valence electrons. The van der Waals surface area contributed by atoms with Crippen molar-refractivity contribution in [3.63, 3.8) is 0 Å². The van der Waals surface area contributed by atoms with E-state index in [1.54, 1.807) is 27.7 Å². The van der Waals surface area contributed by atoms with Crippen molar-refractivity contribution in [1.29, 1.82) is 0 Å². The molecular weight excluding hydrogens is 301 g/mol. The average molecular weight is 322 g/mol. The molecule has 5 heteroatoms. The molecule has 0 bridgehead atoms. The maximum atomic E-state index is 13.9.